The van der Waals surface area contributed by atoms with Gasteiger partial charge in [0.1, 0.15) is 5.76 Å². The van der Waals surface area contributed by atoms with Crippen LogP contribution in [0.2, 0.25) is 32.7 Å². The third-order valence-corrected chi connectivity index (χ3v) is 18.8. The molecule has 1 rings (SSSR count). The van der Waals surface area contributed by atoms with E-state index < -0.39 is 15.4 Å². The second kappa shape index (κ2) is 4.59. The minimum atomic E-state index is -1.61. The maximum absolute atomic E-state index is 6.19. The molecule has 0 spiro atoms. The molecular weight excluding hydrogens is 228 g/mol. The molecule has 0 N–H and O–H groups in total. The van der Waals surface area contributed by atoms with Crippen LogP contribution in [0.5, 0.6) is 0 Å². The zero-order valence-corrected chi connectivity index (χ0v) is 13.0. The normalized spacial score (nSPS) is 12.3. The number of benzene rings is 1. The van der Waals surface area contributed by atoms with E-state index >= 15 is 0 Å². The highest BCUT2D eigenvalue weighted by Crippen LogP contribution is 2.26. The molecule has 0 aliphatic rings. The van der Waals surface area contributed by atoms with Crippen LogP contribution in [0.4, 0.5) is 0 Å². The van der Waals surface area contributed by atoms with Gasteiger partial charge < -0.3 is 4.43 Å². The summed E-state index contributed by atoms with van der Waals surface area (Å²) in [5.74, 6) is 0.833. The zero-order valence-electron chi connectivity index (χ0n) is 11.0. The lowest BCUT2D eigenvalue weighted by molar-refractivity contribution is 0.526. The van der Waals surface area contributed by atoms with Crippen LogP contribution in [-0.2, 0) is 4.43 Å². The van der Waals surface area contributed by atoms with Gasteiger partial charge in [-0.15, -0.1) is 0 Å². The summed E-state index contributed by atoms with van der Waals surface area (Å²) in [6.07, 6.45) is 0. The first kappa shape index (κ1) is 13.3. The van der Waals surface area contributed by atoms with E-state index in [0.29, 0.717) is 0 Å². The summed E-state index contributed by atoms with van der Waals surface area (Å²) in [6.45, 7) is 15.8. The molecule has 0 aliphatic heterocycles. The van der Waals surface area contributed by atoms with Gasteiger partial charge in [0.25, 0.3) is 0 Å². The van der Waals surface area contributed by atoms with Crippen LogP contribution in [0.25, 0.3) is 5.76 Å². The first-order valence-corrected chi connectivity index (χ1v) is 13.1. The van der Waals surface area contributed by atoms with Crippen molar-refractivity contribution in [3.05, 3.63) is 42.5 Å². The molecule has 1 nitrogen and oxygen atoms in total. The number of hydrogen-bond donors (Lipinski definition) is 0. The summed E-state index contributed by atoms with van der Waals surface area (Å²) in [4.78, 5) is 0. The average Bonchev–Trinajstić information content (AvgIpc) is 2.16. The van der Waals surface area contributed by atoms with Gasteiger partial charge in [0, 0.05) is 5.56 Å². The van der Waals surface area contributed by atoms with Crippen LogP contribution in [0.1, 0.15) is 5.56 Å². The van der Waals surface area contributed by atoms with E-state index in [4.69, 9.17) is 4.43 Å². The van der Waals surface area contributed by atoms with Gasteiger partial charge in [-0.2, -0.15) is 0 Å². The predicted octanol–water partition coefficient (Wildman–Crippen LogP) is 4.30. The molecule has 0 fully saturated rings. The van der Waals surface area contributed by atoms with E-state index in [0.717, 1.165) is 11.3 Å². The Hall–Kier alpha value is -0.806. The Bertz CT molecular complexity index is 363. The molecule has 0 aromatic heterocycles. The lowest BCUT2D eigenvalue weighted by Gasteiger charge is -2.35. The molecule has 0 saturated carbocycles. The molecule has 0 bridgehead atoms. The van der Waals surface area contributed by atoms with Gasteiger partial charge in [-0.05, 0) is 13.1 Å². The Kier molecular flexibility index (Phi) is 3.81. The number of hydrogen-bond acceptors (Lipinski definition) is 1. The zero-order chi connectivity index (χ0) is 12.4. The van der Waals surface area contributed by atoms with E-state index in [1.165, 1.54) is 0 Å². The summed E-state index contributed by atoms with van der Waals surface area (Å²) in [5.41, 5.74) is 1.10. The Labute approximate surface area is 101 Å². The summed E-state index contributed by atoms with van der Waals surface area (Å²) in [7, 11) is -2.84. The van der Waals surface area contributed by atoms with E-state index in [9.17, 15) is 0 Å². The largest absolute Gasteiger partial charge is 0.547 e. The molecule has 0 aliphatic carbocycles. The lowest BCUT2D eigenvalue weighted by atomic mass is 10.2. The Morgan fingerprint density at radius 2 is 1.50 bits per heavy atom. The first-order chi connectivity index (χ1) is 7.24. The van der Waals surface area contributed by atoms with Crippen molar-refractivity contribution in [1.82, 2.24) is 0 Å². The molecular formula is C13H22OSi2. The van der Waals surface area contributed by atoms with Crippen molar-refractivity contribution in [2.24, 2.45) is 0 Å². The highest BCUT2D eigenvalue weighted by Gasteiger charge is 2.40. The fourth-order valence-electron chi connectivity index (χ4n) is 1.14. The topological polar surface area (TPSA) is 9.23 Å². The standard InChI is InChI=1S/C13H22OSi2/c1-12(13-10-8-7-9-11-13)14-16(5,6)15(2,3)4/h7-11H,1H2,2-6H3. The fourth-order valence-corrected chi connectivity index (χ4v) is 3.47. The van der Waals surface area contributed by atoms with Gasteiger partial charge in [0.15, 0.2) is 0 Å². The molecule has 1 aromatic carbocycles. The van der Waals surface area contributed by atoms with Crippen LogP contribution >= 0.6 is 0 Å². The molecule has 0 saturated heterocycles. The maximum Gasteiger partial charge on any atom is 0.228 e. The smallest absolute Gasteiger partial charge is 0.228 e. The lowest BCUT2D eigenvalue weighted by Crippen LogP contribution is -2.54. The molecule has 0 radical (unpaired) electrons. The SMILES string of the molecule is C=C(O[Si](C)(C)[Si](C)(C)C)c1ccccc1. The third kappa shape index (κ3) is 3.09. The second-order valence-electron chi connectivity index (χ2n) is 5.65. The van der Waals surface area contributed by atoms with Crippen molar-refractivity contribution in [1.29, 1.82) is 0 Å². The van der Waals surface area contributed by atoms with Gasteiger partial charge in [0.2, 0.25) is 7.83 Å². The average molecular weight is 250 g/mol. The molecule has 16 heavy (non-hydrogen) atoms. The molecule has 3 heteroatoms. The van der Waals surface area contributed by atoms with Crippen molar-refractivity contribution < 1.29 is 4.43 Å². The summed E-state index contributed by atoms with van der Waals surface area (Å²) >= 11 is 0. The Morgan fingerprint density at radius 1 is 1.00 bits per heavy atom. The molecule has 0 amide bonds. The monoisotopic (exact) mass is 250 g/mol. The fraction of sp³-hybridized carbons (Fsp3) is 0.385. The van der Waals surface area contributed by atoms with E-state index in [2.05, 4.69) is 51.4 Å². The van der Waals surface area contributed by atoms with Gasteiger partial charge in [0.05, 0.1) is 7.59 Å². The van der Waals surface area contributed by atoms with Crippen molar-refractivity contribution in [3.8, 4) is 0 Å². The quantitative estimate of drug-likeness (QED) is 0.572. The van der Waals surface area contributed by atoms with E-state index in [1.54, 1.807) is 0 Å². The summed E-state index contributed by atoms with van der Waals surface area (Å²) in [6, 6.07) is 10.2. The minimum Gasteiger partial charge on any atom is -0.547 e. The molecule has 0 unspecified atom stereocenters. The van der Waals surface area contributed by atoms with Crippen molar-refractivity contribution >= 4 is 21.2 Å². The van der Waals surface area contributed by atoms with Gasteiger partial charge in [-0.3, -0.25) is 0 Å². The van der Waals surface area contributed by atoms with Crippen LogP contribution in [-0.4, -0.2) is 15.4 Å². The van der Waals surface area contributed by atoms with Crippen molar-refractivity contribution in [2.45, 2.75) is 32.7 Å². The van der Waals surface area contributed by atoms with Crippen LogP contribution in [0.15, 0.2) is 36.9 Å². The van der Waals surface area contributed by atoms with Crippen LogP contribution in [0, 0.1) is 0 Å². The molecule has 1 aromatic rings. The highest BCUT2D eigenvalue weighted by atomic mass is 29.3. The summed E-state index contributed by atoms with van der Waals surface area (Å²) in [5, 5.41) is 0. The molecule has 88 valence electrons. The Balaban J connectivity index is 2.80. The minimum absolute atomic E-state index is 0.833. The van der Waals surface area contributed by atoms with Crippen molar-refractivity contribution in [2.75, 3.05) is 0 Å². The number of rotatable bonds is 4. The molecule has 0 atom stereocenters. The van der Waals surface area contributed by atoms with Crippen molar-refractivity contribution in [3.63, 3.8) is 0 Å². The molecule has 0 heterocycles. The van der Waals surface area contributed by atoms with Gasteiger partial charge in [-0.1, -0.05) is 56.6 Å². The third-order valence-electron chi connectivity index (χ3n) is 3.28. The second-order valence-corrected chi connectivity index (χ2v) is 21.5. The predicted molar refractivity (Wildman–Crippen MR) is 77.4 cm³/mol. The van der Waals surface area contributed by atoms with E-state index in [-0.39, 0.29) is 0 Å². The van der Waals surface area contributed by atoms with Crippen LogP contribution < -0.4 is 0 Å². The first-order valence-electron chi connectivity index (χ1n) is 5.67. The summed E-state index contributed by atoms with van der Waals surface area (Å²) < 4.78 is 6.19. The van der Waals surface area contributed by atoms with Gasteiger partial charge in [-0.25, -0.2) is 0 Å². The van der Waals surface area contributed by atoms with Gasteiger partial charge >= 0.3 is 0 Å². The maximum atomic E-state index is 6.19. The van der Waals surface area contributed by atoms with E-state index in [1.807, 2.05) is 18.2 Å². The Morgan fingerprint density at radius 3 is 1.94 bits per heavy atom. The highest BCUT2D eigenvalue weighted by molar-refractivity contribution is 7.37. The van der Waals surface area contributed by atoms with Crippen LogP contribution in [0.3, 0.4) is 0 Å².